The van der Waals surface area contributed by atoms with Crippen molar-refractivity contribution in [2.45, 2.75) is 43.0 Å². The summed E-state index contributed by atoms with van der Waals surface area (Å²) < 4.78 is 21.3. The van der Waals surface area contributed by atoms with E-state index >= 15 is 0 Å². The van der Waals surface area contributed by atoms with Crippen LogP contribution in [0.4, 0.5) is 0 Å². The highest BCUT2D eigenvalue weighted by atomic mass is 32.2. The Kier molecular flexibility index (Phi) is 1.99. The minimum atomic E-state index is -1.84. The van der Waals surface area contributed by atoms with Gasteiger partial charge in [-0.25, -0.2) is 0 Å². The fraction of sp³-hybridized carbons (Fsp3) is 1.00. The Hall–Kier alpha value is 0.0700. The molecule has 64 valence electrons. The van der Waals surface area contributed by atoms with E-state index in [4.69, 9.17) is 0 Å². The summed E-state index contributed by atoms with van der Waals surface area (Å²) in [5.74, 6) is 0. The standard InChI is InChI=1S/C7H13NO2S/c9-11(10)7-3-5-1-2-6(4-7)8-5/h5-8H,1-4H2,(H,9,10)/p-1. The Morgan fingerprint density at radius 3 is 2.27 bits per heavy atom. The largest absolute Gasteiger partial charge is 0.772 e. The molecule has 3 atom stereocenters. The van der Waals surface area contributed by atoms with Gasteiger partial charge in [0.1, 0.15) is 0 Å². The van der Waals surface area contributed by atoms with Gasteiger partial charge in [0.25, 0.3) is 0 Å². The Morgan fingerprint density at radius 1 is 1.27 bits per heavy atom. The lowest BCUT2D eigenvalue weighted by Crippen LogP contribution is -2.41. The molecular weight excluding hydrogens is 162 g/mol. The highest BCUT2D eigenvalue weighted by Gasteiger charge is 2.33. The highest BCUT2D eigenvalue weighted by Crippen LogP contribution is 2.28. The van der Waals surface area contributed by atoms with Gasteiger partial charge in [0.15, 0.2) is 0 Å². The van der Waals surface area contributed by atoms with Crippen molar-refractivity contribution in [1.29, 1.82) is 0 Å². The molecule has 2 saturated heterocycles. The Bertz CT molecular complexity index is 173. The number of hydrogen-bond donors (Lipinski definition) is 1. The maximum absolute atomic E-state index is 10.6. The summed E-state index contributed by atoms with van der Waals surface area (Å²) >= 11 is -1.84. The predicted molar refractivity (Wildman–Crippen MR) is 41.9 cm³/mol. The second-order valence-corrected chi connectivity index (χ2v) is 4.68. The molecule has 2 bridgehead atoms. The van der Waals surface area contributed by atoms with Crippen LogP contribution in [0.1, 0.15) is 25.7 Å². The van der Waals surface area contributed by atoms with Crippen molar-refractivity contribution in [1.82, 2.24) is 5.32 Å². The average molecular weight is 174 g/mol. The van der Waals surface area contributed by atoms with Crippen molar-refractivity contribution < 1.29 is 8.76 Å². The molecule has 2 fully saturated rings. The molecule has 0 aromatic carbocycles. The first-order valence-corrected chi connectivity index (χ1v) is 5.23. The first-order chi connectivity index (χ1) is 5.25. The molecular formula is C7H12NO2S-. The third-order valence-corrected chi connectivity index (χ3v) is 3.63. The van der Waals surface area contributed by atoms with Crippen LogP contribution in [-0.2, 0) is 11.1 Å². The summed E-state index contributed by atoms with van der Waals surface area (Å²) in [5.41, 5.74) is 0. The van der Waals surface area contributed by atoms with E-state index in [2.05, 4.69) is 5.32 Å². The van der Waals surface area contributed by atoms with Crippen molar-refractivity contribution in [2.75, 3.05) is 0 Å². The molecule has 0 spiro atoms. The van der Waals surface area contributed by atoms with Gasteiger partial charge >= 0.3 is 0 Å². The van der Waals surface area contributed by atoms with Crippen molar-refractivity contribution in [3.8, 4) is 0 Å². The van der Waals surface area contributed by atoms with Crippen LogP contribution in [0.3, 0.4) is 0 Å². The quantitative estimate of drug-likeness (QED) is 0.576. The SMILES string of the molecule is O=S([O-])C1CC2CCC(C1)N2. The van der Waals surface area contributed by atoms with Gasteiger partial charge in [-0.2, -0.15) is 0 Å². The van der Waals surface area contributed by atoms with E-state index < -0.39 is 11.1 Å². The van der Waals surface area contributed by atoms with Gasteiger partial charge in [-0.05, 0) is 25.7 Å². The summed E-state index contributed by atoms with van der Waals surface area (Å²) in [6.07, 6.45) is 3.98. The fourth-order valence-corrected chi connectivity index (χ4v) is 2.94. The van der Waals surface area contributed by atoms with Crippen LogP contribution in [0, 0.1) is 0 Å². The second kappa shape index (κ2) is 2.84. The monoisotopic (exact) mass is 174 g/mol. The van der Waals surface area contributed by atoms with Crippen LogP contribution in [0.25, 0.3) is 0 Å². The second-order valence-electron chi connectivity index (χ2n) is 3.49. The van der Waals surface area contributed by atoms with E-state index in [0.29, 0.717) is 12.1 Å². The minimum absolute atomic E-state index is 0.0752. The van der Waals surface area contributed by atoms with Crippen LogP contribution in [0.15, 0.2) is 0 Å². The molecule has 0 radical (unpaired) electrons. The van der Waals surface area contributed by atoms with Crippen molar-refractivity contribution >= 4 is 11.1 Å². The molecule has 1 N–H and O–H groups in total. The van der Waals surface area contributed by atoms with Gasteiger partial charge in [-0.15, -0.1) is 0 Å². The fourth-order valence-electron chi connectivity index (χ4n) is 2.16. The number of hydrogen-bond acceptors (Lipinski definition) is 3. The average Bonchev–Trinajstić information content (AvgIpc) is 2.30. The summed E-state index contributed by atoms with van der Waals surface area (Å²) in [5, 5.41) is 3.33. The molecule has 0 aromatic rings. The van der Waals surface area contributed by atoms with Gasteiger partial charge in [0.2, 0.25) is 0 Å². The van der Waals surface area contributed by atoms with Gasteiger partial charge in [0.05, 0.1) is 0 Å². The summed E-state index contributed by atoms with van der Waals surface area (Å²) in [4.78, 5) is 0. The van der Waals surface area contributed by atoms with Gasteiger partial charge in [-0.1, -0.05) is 11.1 Å². The molecule has 0 saturated carbocycles. The lowest BCUT2D eigenvalue weighted by molar-refractivity contribution is 0.393. The van der Waals surface area contributed by atoms with Crippen LogP contribution >= 0.6 is 0 Å². The van der Waals surface area contributed by atoms with Crippen molar-refractivity contribution in [3.63, 3.8) is 0 Å². The molecule has 2 aliphatic rings. The Labute approximate surface area is 68.8 Å². The number of nitrogens with one attached hydrogen (secondary N) is 1. The molecule has 0 aromatic heterocycles. The van der Waals surface area contributed by atoms with E-state index in [0.717, 1.165) is 12.8 Å². The molecule has 2 rings (SSSR count). The van der Waals surface area contributed by atoms with Crippen LogP contribution < -0.4 is 5.32 Å². The van der Waals surface area contributed by atoms with Crippen LogP contribution in [0.5, 0.6) is 0 Å². The number of fused-ring (bicyclic) bond motifs is 2. The van der Waals surface area contributed by atoms with E-state index in [1.807, 2.05) is 0 Å². The maximum atomic E-state index is 10.6. The van der Waals surface area contributed by atoms with E-state index in [9.17, 15) is 8.76 Å². The summed E-state index contributed by atoms with van der Waals surface area (Å²) in [6, 6.07) is 0.966. The molecule has 11 heavy (non-hydrogen) atoms. The van der Waals surface area contributed by atoms with Crippen LogP contribution in [0.2, 0.25) is 0 Å². The normalized spacial score (nSPS) is 45.7. The first-order valence-electron chi connectivity index (χ1n) is 4.10. The molecule has 4 heteroatoms. The molecule has 0 aliphatic carbocycles. The van der Waals surface area contributed by atoms with Crippen molar-refractivity contribution in [3.05, 3.63) is 0 Å². The van der Waals surface area contributed by atoms with Gasteiger partial charge < -0.3 is 9.87 Å². The third-order valence-electron chi connectivity index (χ3n) is 2.70. The number of piperidine rings is 1. The molecule has 2 heterocycles. The smallest absolute Gasteiger partial charge is 0.0245 e. The summed E-state index contributed by atoms with van der Waals surface area (Å²) in [6.45, 7) is 0. The predicted octanol–water partition coefficient (Wildman–Crippen LogP) is 0.149. The zero-order chi connectivity index (χ0) is 7.84. The minimum Gasteiger partial charge on any atom is -0.772 e. The topological polar surface area (TPSA) is 52.2 Å². The van der Waals surface area contributed by atoms with Gasteiger partial charge in [0, 0.05) is 17.3 Å². The van der Waals surface area contributed by atoms with E-state index in [1.54, 1.807) is 0 Å². The van der Waals surface area contributed by atoms with Gasteiger partial charge in [-0.3, -0.25) is 4.21 Å². The number of rotatable bonds is 1. The lowest BCUT2D eigenvalue weighted by Gasteiger charge is -2.30. The zero-order valence-electron chi connectivity index (χ0n) is 6.29. The van der Waals surface area contributed by atoms with Crippen LogP contribution in [-0.4, -0.2) is 26.1 Å². The lowest BCUT2D eigenvalue weighted by atomic mass is 10.1. The molecule has 3 nitrogen and oxygen atoms in total. The molecule has 3 unspecified atom stereocenters. The molecule has 0 amide bonds. The van der Waals surface area contributed by atoms with E-state index in [-0.39, 0.29) is 5.25 Å². The Balaban J connectivity index is 2.02. The zero-order valence-corrected chi connectivity index (χ0v) is 7.10. The highest BCUT2D eigenvalue weighted by molar-refractivity contribution is 7.79. The maximum Gasteiger partial charge on any atom is 0.0245 e. The Morgan fingerprint density at radius 2 is 1.82 bits per heavy atom. The first kappa shape index (κ1) is 7.71. The van der Waals surface area contributed by atoms with E-state index in [1.165, 1.54) is 12.8 Å². The van der Waals surface area contributed by atoms with Crippen molar-refractivity contribution in [2.24, 2.45) is 0 Å². The summed E-state index contributed by atoms with van der Waals surface area (Å²) in [7, 11) is 0. The molecule has 2 aliphatic heterocycles. The third kappa shape index (κ3) is 1.48.